The van der Waals surface area contributed by atoms with Gasteiger partial charge in [-0.05, 0) is 52.9 Å². The lowest BCUT2D eigenvalue weighted by Crippen LogP contribution is -1.96. The molecule has 2 nitrogen and oxygen atoms in total. The average Bonchev–Trinajstić information content (AvgIpc) is 2.25. The lowest BCUT2D eigenvalue weighted by atomic mass is 10.2. The quantitative estimate of drug-likeness (QED) is 0.651. The first kappa shape index (κ1) is 11.2. The Morgan fingerprint density at radius 3 is 2.50 bits per heavy atom. The summed E-state index contributed by atoms with van der Waals surface area (Å²) in [5.74, 6) is -0.268. The van der Waals surface area contributed by atoms with E-state index in [0.29, 0.717) is 11.4 Å². The zero-order chi connectivity index (χ0) is 11.5. The molecule has 3 N–H and O–H groups in total. The second kappa shape index (κ2) is 4.69. The van der Waals surface area contributed by atoms with Crippen LogP contribution in [0.5, 0.6) is 0 Å². The van der Waals surface area contributed by atoms with Gasteiger partial charge in [0.05, 0.1) is 11.4 Å². The summed E-state index contributed by atoms with van der Waals surface area (Å²) in [5.41, 5.74) is 7.65. The van der Waals surface area contributed by atoms with E-state index in [1.165, 1.54) is 6.07 Å². The summed E-state index contributed by atoms with van der Waals surface area (Å²) in [7, 11) is 0. The van der Waals surface area contributed by atoms with Crippen molar-refractivity contribution in [3.05, 3.63) is 51.9 Å². The molecule has 0 radical (unpaired) electrons. The molecule has 0 aliphatic heterocycles. The fourth-order valence-electron chi connectivity index (χ4n) is 1.34. The summed E-state index contributed by atoms with van der Waals surface area (Å²) < 4.78 is 14.4. The second-order valence-corrected chi connectivity index (χ2v) is 4.51. The fraction of sp³-hybridized carbons (Fsp3) is 0. The Morgan fingerprint density at radius 1 is 1.06 bits per heavy atom. The molecule has 0 aliphatic carbocycles. The summed E-state index contributed by atoms with van der Waals surface area (Å²) in [6, 6.07) is 12.0. The van der Waals surface area contributed by atoms with Crippen LogP contribution in [0.25, 0.3) is 0 Å². The largest absolute Gasteiger partial charge is 0.399 e. The van der Waals surface area contributed by atoms with Crippen molar-refractivity contribution in [2.24, 2.45) is 0 Å². The Balaban J connectivity index is 2.31. The van der Waals surface area contributed by atoms with Gasteiger partial charge in [-0.1, -0.05) is 12.1 Å². The lowest BCUT2D eigenvalue weighted by Gasteiger charge is -2.09. The van der Waals surface area contributed by atoms with E-state index < -0.39 is 0 Å². The molecule has 0 aromatic heterocycles. The third kappa shape index (κ3) is 2.44. The van der Waals surface area contributed by atoms with E-state index in [9.17, 15) is 4.39 Å². The van der Waals surface area contributed by atoms with Gasteiger partial charge in [0, 0.05) is 9.26 Å². The van der Waals surface area contributed by atoms with Gasteiger partial charge in [-0.15, -0.1) is 0 Å². The van der Waals surface area contributed by atoms with Crippen molar-refractivity contribution in [3.8, 4) is 0 Å². The van der Waals surface area contributed by atoms with Gasteiger partial charge in [-0.3, -0.25) is 0 Å². The van der Waals surface area contributed by atoms with E-state index in [2.05, 4.69) is 27.9 Å². The van der Waals surface area contributed by atoms with Crippen molar-refractivity contribution >= 4 is 39.7 Å². The molecule has 4 heteroatoms. The number of rotatable bonds is 2. The van der Waals surface area contributed by atoms with Crippen molar-refractivity contribution in [3.63, 3.8) is 0 Å². The summed E-state index contributed by atoms with van der Waals surface area (Å²) in [6.45, 7) is 0. The Hall–Kier alpha value is -1.30. The summed E-state index contributed by atoms with van der Waals surface area (Å²) in [4.78, 5) is 0. The van der Waals surface area contributed by atoms with E-state index in [4.69, 9.17) is 5.73 Å². The van der Waals surface area contributed by atoms with Gasteiger partial charge in [0.15, 0.2) is 0 Å². The van der Waals surface area contributed by atoms with Crippen LogP contribution in [0, 0.1) is 9.39 Å². The second-order valence-electron chi connectivity index (χ2n) is 3.34. The van der Waals surface area contributed by atoms with Gasteiger partial charge in [0.2, 0.25) is 0 Å². The normalized spacial score (nSPS) is 10.1. The van der Waals surface area contributed by atoms with Crippen LogP contribution in [0.4, 0.5) is 21.5 Å². The number of halogens is 2. The number of para-hydroxylation sites is 1. The molecule has 82 valence electrons. The van der Waals surface area contributed by atoms with Crippen LogP contribution in [0.3, 0.4) is 0 Å². The lowest BCUT2D eigenvalue weighted by molar-refractivity contribution is 0.632. The highest BCUT2D eigenvalue weighted by atomic mass is 127. The highest BCUT2D eigenvalue weighted by Crippen LogP contribution is 2.25. The first-order valence-electron chi connectivity index (χ1n) is 4.73. The van der Waals surface area contributed by atoms with E-state index in [1.807, 2.05) is 12.1 Å². The van der Waals surface area contributed by atoms with Crippen LogP contribution in [0.2, 0.25) is 0 Å². The van der Waals surface area contributed by atoms with Crippen molar-refractivity contribution in [2.75, 3.05) is 11.1 Å². The summed E-state index contributed by atoms with van der Waals surface area (Å²) in [5, 5.41) is 3.03. The monoisotopic (exact) mass is 328 g/mol. The van der Waals surface area contributed by atoms with Gasteiger partial charge in [0.25, 0.3) is 0 Å². The molecule has 0 unspecified atom stereocenters. The molecule has 0 saturated carbocycles. The molecule has 0 heterocycles. The first-order valence-corrected chi connectivity index (χ1v) is 5.81. The number of hydrogen-bond donors (Lipinski definition) is 2. The van der Waals surface area contributed by atoms with E-state index in [0.717, 1.165) is 9.26 Å². The molecular formula is C12H10FIN2. The summed E-state index contributed by atoms with van der Waals surface area (Å²) >= 11 is 2.16. The van der Waals surface area contributed by atoms with Crippen LogP contribution in [0.1, 0.15) is 0 Å². The Bertz CT molecular complexity index is 514. The highest BCUT2D eigenvalue weighted by molar-refractivity contribution is 14.1. The molecule has 0 fully saturated rings. The predicted octanol–water partition coefficient (Wildman–Crippen LogP) is 3.76. The molecule has 2 rings (SSSR count). The van der Waals surface area contributed by atoms with Crippen molar-refractivity contribution in [2.45, 2.75) is 0 Å². The van der Waals surface area contributed by atoms with E-state index in [-0.39, 0.29) is 5.82 Å². The highest BCUT2D eigenvalue weighted by Gasteiger charge is 2.03. The number of benzene rings is 2. The summed E-state index contributed by atoms with van der Waals surface area (Å²) in [6.07, 6.45) is 0. The number of nitrogens with two attached hydrogens (primary N) is 1. The third-order valence-electron chi connectivity index (χ3n) is 2.14. The Kier molecular flexibility index (Phi) is 3.28. The third-order valence-corrected chi connectivity index (χ3v) is 3.03. The van der Waals surface area contributed by atoms with Gasteiger partial charge < -0.3 is 11.1 Å². The van der Waals surface area contributed by atoms with Crippen LogP contribution in [0.15, 0.2) is 42.5 Å². The zero-order valence-corrected chi connectivity index (χ0v) is 10.5. The maximum absolute atomic E-state index is 13.4. The molecule has 16 heavy (non-hydrogen) atoms. The Labute approximate surface area is 107 Å². The van der Waals surface area contributed by atoms with Crippen LogP contribution < -0.4 is 11.1 Å². The minimum Gasteiger partial charge on any atom is -0.399 e. The SMILES string of the molecule is Nc1ccc(Nc2ccccc2F)c(I)c1. The standard InChI is InChI=1S/C12H10FIN2/c13-9-3-1-2-4-11(9)16-12-6-5-8(15)7-10(12)14/h1-7,16H,15H2. The van der Waals surface area contributed by atoms with Gasteiger partial charge in [-0.25, -0.2) is 4.39 Å². The number of hydrogen-bond acceptors (Lipinski definition) is 2. The number of anilines is 3. The van der Waals surface area contributed by atoms with Crippen LogP contribution in [-0.2, 0) is 0 Å². The topological polar surface area (TPSA) is 38.0 Å². The fourth-order valence-corrected chi connectivity index (χ4v) is 2.01. The number of nitrogens with one attached hydrogen (secondary N) is 1. The van der Waals surface area contributed by atoms with Gasteiger partial charge >= 0.3 is 0 Å². The predicted molar refractivity (Wildman–Crippen MR) is 73.3 cm³/mol. The molecule has 0 saturated heterocycles. The molecule has 0 aliphatic rings. The molecule has 2 aromatic rings. The van der Waals surface area contributed by atoms with Crippen molar-refractivity contribution < 1.29 is 4.39 Å². The minimum atomic E-state index is -0.268. The molecule has 0 bridgehead atoms. The van der Waals surface area contributed by atoms with Gasteiger partial charge in [-0.2, -0.15) is 0 Å². The first-order chi connectivity index (χ1) is 7.66. The van der Waals surface area contributed by atoms with E-state index >= 15 is 0 Å². The van der Waals surface area contributed by atoms with E-state index in [1.54, 1.807) is 24.3 Å². The van der Waals surface area contributed by atoms with Crippen molar-refractivity contribution in [1.82, 2.24) is 0 Å². The maximum atomic E-state index is 13.4. The van der Waals surface area contributed by atoms with Crippen molar-refractivity contribution in [1.29, 1.82) is 0 Å². The Morgan fingerprint density at radius 2 is 1.81 bits per heavy atom. The minimum absolute atomic E-state index is 0.268. The van der Waals surface area contributed by atoms with Crippen LogP contribution in [-0.4, -0.2) is 0 Å². The molecule has 2 aromatic carbocycles. The molecule has 0 spiro atoms. The molecule has 0 amide bonds. The zero-order valence-electron chi connectivity index (χ0n) is 8.37. The number of nitrogen functional groups attached to an aromatic ring is 1. The molecule has 0 atom stereocenters. The smallest absolute Gasteiger partial charge is 0.146 e. The maximum Gasteiger partial charge on any atom is 0.146 e. The average molecular weight is 328 g/mol. The van der Waals surface area contributed by atoms with Crippen LogP contribution >= 0.6 is 22.6 Å². The molecular weight excluding hydrogens is 318 g/mol. The van der Waals surface area contributed by atoms with Gasteiger partial charge in [0.1, 0.15) is 5.82 Å².